The van der Waals surface area contributed by atoms with E-state index in [2.05, 4.69) is 33.4 Å². The van der Waals surface area contributed by atoms with Gasteiger partial charge in [-0.25, -0.2) is 0 Å². The molecule has 4 heteroatoms. The first-order valence-corrected chi connectivity index (χ1v) is 7.25. The fourth-order valence-electron chi connectivity index (χ4n) is 2.24. The fourth-order valence-corrected chi connectivity index (χ4v) is 2.78. The Hall–Kier alpha value is -0.0900. The monoisotopic (exact) mass is 316 g/mol. The van der Waals surface area contributed by atoms with Gasteiger partial charge in [-0.2, -0.15) is 0 Å². The van der Waals surface area contributed by atoms with Crippen LogP contribution in [0.3, 0.4) is 0 Å². The smallest absolute Gasteiger partial charge is 0.0548 e. The van der Waals surface area contributed by atoms with Gasteiger partial charge < -0.3 is 11.1 Å². The SMILES string of the molecule is NC1CCC(NCc2ccc(Cl)c(Br)c2)CC1. The molecule has 0 bridgehead atoms. The van der Waals surface area contributed by atoms with Gasteiger partial charge in [0, 0.05) is 23.1 Å². The summed E-state index contributed by atoms with van der Waals surface area (Å²) in [5, 5.41) is 4.35. The number of rotatable bonds is 3. The summed E-state index contributed by atoms with van der Waals surface area (Å²) in [7, 11) is 0. The molecule has 0 aliphatic heterocycles. The standard InChI is InChI=1S/C13H18BrClN2/c14-12-7-9(1-6-13(12)15)8-17-11-4-2-10(16)3-5-11/h1,6-7,10-11,17H,2-5,8,16H2. The highest BCUT2D eigenvalue weighted by Gasteiger charge is 2.17. The van der Waals surface area contributed by atoms with Crippen LogP contribution in [-0.2, 0) is 6.54 Å². The van der Waals surface area contributed by atoms with E-state index in [0.29, 0.717) is 12.1 Å². The quantitative estimate of drug-likeness (QED) is 0.896. The van der Waals surface area contributed by atoms with Gasteiger partial charge in [0.05, 0.1) is 5.02 Å². The van der Waals surface area contributed by atoms with Crippen LogP contribution in [-0.4, -0.2) is 12.1 Å². The zero-order valence-electron chi connectivity index (χ0n) is 9.76. The molecular weight excluding hydrogens is 300 g/mol. The molecule has 1 aromatic rings. The predicted molar refractivity (Wildman–Crippen MR) is 76.2 cm³/mol. The minimum Gasteiger partial charge on any atom is -0.328 e. The highest BCUT2D eigenvalue weighted by atomic mass is 79.9. The maximum Gasteiger partial charge on any atom is 0.0548 e. The Morgan fingerprint density at radius 2 is 2.00 bits per heavy atom. The van der Waals surface area contributed by atoms with Crippen LogP contribution in [0.4, 0.5) is 0 Å². The Kier molecular flexibility index (Phi) is 4.86. The van der Waals surface area contributed by atoms with Crippen LogP contribution in [0.15, 0.2) is 22.7 Å². The van der Waals surface area contributed by atoms with Crippen molar-refractivity contribution in [2.75, 3.05) is 0 Å². The number of halogens is 2. The minimum atomic E-state index is 0.415. The van der Waals surface area contributed by atoms with E-state index in [4.69, 9.17) is 17.3 Å². The number of nitrogens with two attached hydrogens (primary N) is 1. The number of hydrogen-bond donors (Lipinski definition) is 2. The molecule has 0 spiro atoms. The lowest BCUT2D eigenvalue weighted by Crippen LogP contribution is -2.37. The molecule has 2 rings (SSSR count). The average Bonchev–Trinajstić information content (AvgIpc) is 2.33. The third-order valence-corrected chi connectivity index (χ3v) is 4.56. The Morgan fingerprint density at radius 1 is 1.29 bits per heavy atom. The molecule has 2 nitrogen and oxygen atoms in total. The fraction of sp³-hybridized carbons (Fsp3) is 0.538. The van der Waals surface area contributed by atoms with Crippen LogP contribution in [0.25, 0.3) is 0 Å². The predicted octanol–water partition coefficient (Wildman–Crippen LogP) is 3.46. The molecule has 0 atom stereocenters. The Labute approximate surface area is 116 Å². The van der Waals surface area contributed by atoms with Crippen LogP contribution in [0.2, 0.25) is 5.02 Å². The van der Waals surface area contributed by atoms with Crippen molar-refractivity contribution >= 4 is 27.5 Å². The highest BCUT2D eigenvalue weighted by molar-refractivity contribution is 9.10. The van der Waals surface area contributed by atoms with Crippen LogP contribution in [0, 0.1) is 0 Å². The minimum absolute atomic E-state index is 0.415. The summed E-state index contributed by atoms with van der Waals surface area (Å²) in [6, 6.07) is 7.10. The molecule has 0 radical (unpaired) electrons. The molecule has 1 aromatic carbocycles. The molecule has 0 amide bonds. The first-order valence-electron chi connectivity index (χ1n) is 6.08. The zero-order chi connectivity index (χ0) is 12.3. The van der Waals surface area contributed by atoms with Gasteiger partial charge in [0.2, 0.25) is 0 Å². The molecule has 0 heterocycles. The van der Waals surface area contributed by atoms with Crippen molar-refractivity contribution in [1.82, 2.24) is 5.32 Å². The molecule has 17 heavy (non-hydrogen) atoms. The summed E-state index contributed by atoms with van der Waals surface area (Å²) in [4.78, 5) is 0. The van der Waals surface area contributed by atoms with Crippen molar-refractivity contribution in [2.45, 2.75) is 44.3 Å². The summed E-state index contributed by atoms with van der Waals surface area (Å²) >= 11 is 9.41. The molecule has 1 aliphatic carbocycles. The third kappa shape index (κ3) is 3.95. The second kappa shape index (κ2) is 6.19. The van der Waals surface area contributed by atoms with E-state index < -0.39 is 0 Å². The second-order valence-corrected chi connectivity index (χ2v) is 6.00. The molecule has 3 N–H and O–H groups in total. The van der Waals surface area contributed by atoms with E-state index in [1.165, 1.54) is 18.4 Å². The van der Waals surface area contributed by atoms with Crippen molar-refractivity contribution in [3.8, 4) is 0 Å². The summed E-state index contributed by atoms with van der Waals surface area (Å²) in [6.07, 6.45) is 4.66. The Morgan fingerprint density at radius 3 is 2.65 bits per heavy atom. The van der Waals surface area contributed by atoms with E-state index in [0.717, 1.165) is 28.9 Å². The third-order valence-electron chi connectivity index (χ3n) is 3.35. The van der Waals surface area contributed by atoms with Gasteiger partial charge in [0.15, 0.2) is 0 Å². The van der Waals surface area contributed by atoms with E-state index in [1.54, 1.807) is 0 Å². The molecule has 0 saturated heterocycles. The Balaban J connectivity index is 1.83. The summed E-state index contributed by atoms with van der Waals surface area (Å²) in [5.74, 6) is 0. The molecule has 1 aliphatic rings. The van der Waals surface area contributed by atoms with Gasteiger partial charge in [0.1, 0.15) is 0 Å². The van der Waals surface area contributed by atoms with Crippen molar-refractivity contribution in [2.24, 2.45) is 5.73 Å². The van der Waals surface area contributed by atoms with Crippen LogP contribution in [0.1, 0.15) is 31.2 Å². The van der Waals surface area contributed by atoms with E-state index in [9.17, 15) is 0 Å². The summed E-state index contributed by atoms with van der Waals surface area (Å²) in [6.45, 7) is 0.898. The molecule has 1 saturated carbocycles. The van der Waals surface area contributed by atoms with E-state index in [1.807, 2.05) is 6.07 Å². The van der Waals surface area contributed by atoms with Gasteiger partial charge in [-0.05, 0) is 59.3 Å². The summed E-state index contributed by atoms with van der Waals surface area (Å²) < 4.78 is 0.962. The number of hydrogen-bond acceptors (Lipinski definition) is 2. The molecule has 0 unspecified atom stereocenters. The second-order valence-electron chi connectivity index (χ2n) is 4.74. The molecule has 1 fully saturated rings. The topological polar surface area (TPSA) is 38.0 Å². The molecule has 94 valence electrons. The first-order chi connectivity index (χ1) is 8.15. The number of benzene rings is 1. The first kappa shape index (κ1) is 13.3. The van der Waals surface area contributed by atoms with E-state index >= 15 is 0 Å². The van der Waals surface area contributed by atoms with Crippen LogP contribution < -0.4 is 11.1 Å². The average molecular weight is 318 g/mol. The van der Waals surface area contributed by atoms with E-state index in [-0.39, 0.29) is 0 Å². The normalized spacial score (nSPS) is 24.9. The van der Waals surface area contributed by atoms with Crippen molar-refractivity contribution in [3.63, 3.8) is 0 Å². The molecule has 0 aromatic heterocycles. The Bertz CT molecular complexity index is 376. The van der Waals surface area contributed by atoms with Gasteiger partial charge >= 0.3 is 0 Å². The lowest BCUT2D eigenvalue weighted by atomic mass is 9.92. The maximum absolute atomic E-state index is 5.96. The van der Waals surface area contributed by atoms with Crippen molar-refractivity contribution in [3.05, 3.63) is 33.3 Å². The van der Waals surface area contributed by atoms with Crippen LogP contribution >= 0.6 is 27.5 Å². The zero-order valence-corrected chi connectivity index (χ0v) is 12.1. The van der Waals surface area contributed by atoms with Gasteiger partial charge in [-0.1, -0.05) is 17.7 Å². The van der Waals surface area contributed by atoms with Crippen molar-refractivity contribution < 1.29 is 0 Å². The molecular formula is C13H18BrClN2. The lowest BCUT2D eigenvalue weighted by Gasteiger charge is -2.27. The van der Waals surface area contributed by atoms with Gasteiger partial charge in [-0.3, -0.25) is 0 Å². The van der Waals surface area contributed by atoms with Gasteiger partial charge in [-0.15, -0.1) is 0 Å². The number of nitrogens with one attached hydrogen (secondary N) is 1. The van der Waals surface area contributed by atoms with Crippen LogP contribution in [0.5, 0.6) is 0 Å². The lowest BCUT2D eigenvalue weighted by molar-refractivity contribution is 0.342. The largest absolute Gasteiger partial charge is 0.328 e. The summed E-state index contributed by atoms with van der Waals surface area (Å²) in [5.41, 5.74) is 7.15. The maximum atomic E-state index is 5.96. The highest BCUT2D eigenvalue weighted by Crippen LogP contribution is 2.23. The van der Waals surface area contributed by atoms with Gasteiger partial charge in [0.25, 0.3) is 0 Å². The van der Waals surface area contributed by atoms with Crippen molar-refractivity contribution in [1.29, 1.82) is 0 Å².